The summed E-state index contributed by atoms with van der Waals surface area (Å²) in [6.07, 6.45) is 1.40. The minimum Gasteiger partial charge on any atom is -0.388 e. The molecular weight excluding hydrogens is 324 g/mol. The van der Waals surface area contributed by atoms with Crippen molar-refractivity contribution in [1.29, 1.82) is 0 Å². The van der Waals surface area contributed by atoms with Crippen LogP contribution in [0.4, 0.5) is 0 Å². The smallest absolute Gasteiger partial charge is 0.194 e. The van der Waals surface area contributed by atoms with E-state index in [1.54, 1.807) is 18.4 Å². The number of aliphatic hydroxyl groups is 1. The van der Waals surface area contributed by atoms with Crippen molar-refractivity contribution >= 4 is 17.3 Å². The molecule has 0 spiro atoms. The third-order valence-electron chi connectivity index (χ3n) is 4.21. The first kappa shape index (κ1) is 20.9. The van der Waals surface area contributed by atoms with Crippen LogP contribution >= 0.6 is 11.3 Å². The summed E-state index contributed by atoms with van der Waals surface area (Å²) in [6.45, 7) is 9.85. The number of guanidine groups is 1. The van der Waals surface area contributed by atoms with E-state index in [1.165, 1.54) is 0 Å². The number of hydrogen-bond donors (Lipinski definition) is 2. The second-order valence-electron chi connectivity index (χ2n) is 6.01. The zero-order valence-electron chi connectivity index (χ0n) is 15.8. The van der Waals surface area contributed by atoms with Crippen molar-refractivity contribution in [2.45, 2.75) is 58.8 Å². The van der Waals surface area contributed by atoms with Crippen molar-refractivity contribution in [3.05, 3.63) is 16.1 Å². The molecule has 0 radical (unpaired) electrons. The number of methoxy groups -OCH3 is 1. The van der Waals surface area contributed by atoms with Crippen LogP contribution in [0.2, 0.25) is 0 Å². The molecule has 24 heavy (non-hydrogen) atoms. The zero-order valence-corrected chi connectivity index (χ0v) is 16.6. The normalized spacial score (nSPS) is 13.9. The fraction of sp³-hybridized carbons (Fsp3) is 0.765. The second kappa shape index (κ2) is 9.96. The van der Waals surface area contributed by atoms with Gasteiger partial charge in [0.25, 0.3) is 0 Å². The number of hydrogen-bond acceptors (Lipinski definition) is 5. The number of nitrogens with one attached hydrogen (secondary N) is 1. The number of aromatic nitrogens is 1. The van der Waals surface area contributed by atoms with Gasteiger partial charge in [-0.25, -0.2) is 4.98 Å². The average Bonchev–Trinajstić information content (AvgIpc) is 3.05. The molecule has 2 N–H and O–H groups in total. The average molecular weight is 357 g/mol. The van der Waals surface area contributed by atoms with E-state index < -0.39 is 5.60 Å². The minimum absolute atomic E-state index is 0.0140. The molecular formula is C17H32N4O2S. The van der Waals surface area contributed by atoms with Gasteiger partial charge in [0.15, 0.2) is 5.96 Å². The highest BCUT2D eigenvalue weighted by Gasteiger charge is 2.22. The van der Waals surface area contributed by atoms with Crippen LogP contribution in [0, 0.1) is 0 Å². The summed E-state index contributed by atoms with van der Waals surface area (Å²) in [5, 5.41) is 16.7. The van der Waals surface area contributed by atoms with Gasteiger partial charge in [-0.1, -0.05) is 13.8 Å². The Morgan fingerprint density at radius 3 is 2.67 bits per heavy atom. The van der Waals surface area contributed by atoms with E-state index in [1.807, 2.05) is 39.6 Å². The molecule has 1 heterocycles. The first-order valence-electron chi connectivity index (χ1n) is 8.58. The molecule has 0 bridgehead atoms. The second-order valence-corrected chi connectivity index (χ2v) is 6.90. The lowest BCUT2D eigenvalue weighted by Gasteiger charge is -2.26. The first-order chi connectivity index (χ1) is 11.4. The number of nitrogens with zero attached hydrogens (tertiary/aromatic N) is 3. The first-order valence-corrected chi connectivity index (χ1v) is 9.45. The highest BCUT2D eigenvalue weighted by molar-refractivity contribution is 7.09. The molecule has 0 saturated carbocycles. The maximum Gasteiger partial charge on any atom is 0.194 e. The summed E-state index contributed by atoms with van der Waals surface area (Å²) < 4.78 is 5.31. The van der Waals surface area contributed by atoms with E-state index in [-0.39, 0.29) is 6.10 Å². The standard InChI is InChI=1S/C17H32N4O2S/c1-7-17(22,8-2)12-19-16(18-9-3)21(5)10-14-11-24-15(20-14)13(4)23-6/h11,13,22H,7-10,12H2,1-6H3,(H,18,19). The van der Waals surface area contributed by atoms with E-state index in [0.29, 0.717) is 25.9 Å². The van der Waals surface area contributed by atoms with Crippen molar-refractivity contribution < 1.29 is 9.84 Å². The Labute approximate surface area is 150 Å². The van der Waals surface area contributed by atoms with E-state index >= 15 is 0 Å². The molecule has 0 saturated heterocycles. The lowest BCUT2D eigenvalue weighted by molar-refractivity contribution is 0.0416. The van der Waals surface area contributed by atoms with Crippen molar-refractivity contribution in [2.24, 2.45) is 4.99 Å². The number of rotatable bonds is 9. The Hall–Kier alpha value is -1.18. The van der Waals surface area contributed by atoms with Gasteiger partial charge in [0, 0.05) is 26.1 Å². The van der Waals surface area contributed by atoms with E-state index in [9.17, 15) is 5.11 Å². The minimum atomic E-state index is -0.733. The van der Waals surface area contributed by atoms with Gasteiger partial charge in [-0.15, -0.1) is 11.3 Å². The summed E-state index contributed by atoms with van der Waals surface area (Å²) in [7, 11) is 3.67. The molecule has 0 aliphatic carbocycles. The molecule has 0 amide bonds. The highest BCUT2D eigenvalue weighted by atomic mass is 32.1. The molecule has 1 aromatic rings. The Balaban J connectivity index is 2.79. The zero-order chi connectivity index (χ0) is 18.2. The third kappa shape index (κ3) is 6.03. The molecule has 1 atom stereocenters. The van der Waals surface area contributed by atoms with Gasteiger partial charge in [0.1, 0.15) is 11.1 Å². The molecule has 138 valence electrons. The molecule has 7 heteroatoms. The molecule has 0 aromatic carbocycles. The molecule has 1 rings (SSSR count). The van der Waals surface area contributed by atoms with Crippen LogP contribution in [0.5, 0.6) is 0 Å². The van der Waals surface area contributed by atoms with Crippen molar-refractivity contribution in [3.8, 4) is 0 Å². The third-order valence-corrected chi connectivity index (χ3v) is 5.26. The van der Waals surface area contributed by atoms with Gasteiger partial charge >= 0.3 is 0 Å². The maximum absolute atomic E-state index is 10.4. The summed E-state index contributed by atoms with van der Waals surface area (Å²) in [6, 6.07) is 0. The Bertz CT molecular complexity index is 514. The van der Waals surface area contributed by atoms with Crippen LogP contribution in [0.15, 0.2) is 10.4 Å². The molecule has 0 fully saturated rings. The monoisotopic (exact) mass is 356 g/mol. The van der Waals surface area contributed by atoms with E-state index in [4.69, 9.17) is 4.74 Å². The topological polar surface area (TPSA) is 70.0 Å². The summed E-state index contributed by atoms with van der Waals surface area (Å²) in [4.78, 5) is 11.3. The van der Waals surface area contributed by atoms with Crippen LogP contribution in [0.1, 0.15) is 57.3 Å². The van der Waals surface area contributed by atoms with Crippen LogP contribution in [-0.2, 0) is 11.3 Å². The van der Waals surface area contributed by atoms with Gasteiger partial charge in [-0.2, -0.15) is 0 Å². The lowest BCUT2D eigenvalue weighted by Crippen LogP contribution is -2.40. The highest BCUT2D eigenvalue weighted by Crippen LogP contribution is 2.21. The van der Waals surface area contributed by atoms with Crippen LogP contribution in [0.25, 0.3) is 0 Å². The summed E-state index contributed by atoms with van der Waals surface area (Å²) in [5.74, 6) is 0.784. The lowest BCUT2D eigenvalue weighted by atomic mass is 9.98. The van der Waals surface area contributed by atoms with E-state index in [2.05, 4.69) is 20.7 Å². The van der Waals surface area contributed by atoms with E-state index in [0.717, 1.165) is 23.2 Å². The molecule has 1 aromatic heterocycles. The van der Waals surface area contributed by atoms with Gasteiger partial charge in [-0.3, -0.25) is 4.99 Å². The maximum atomic E-state index is 10.4. The van der Waals surface area contributed by atoms with Gasteiger partial charge < -0.3 is 20.1 Å². The van der Waals surface area contributed by atoms with Crippen LogP contribution in [-0.4, -0.2) is 53.8 Å². The number of aliphatic imine (C=N–C) groups is 1. The fourth-order valence-corrected chi connectivity index (χ4v) is 3.01. The molecule has 0 aliphatic rings. The predicted octanol–water partition coefficient (Wildman–Crippen LogP) is 2.80. The van der Waals surface area contributed by atoms with Crippen LogP contribution < -0.4 is 5.32 Å². The number of ether oxygens (including phenoxy) is 1. The molecule has 6 nitrogen and oxygen atoms in total. The fourth-order valence-electron chi connectivity index (χ4n) is 2.17. The Morgan fingerprint density at radius 2 is 2.12 bits per heavy atom. The van der Waals surface area contributed by atoms with Crippen molar-refractivity contribution in [2.75, 3.05) is 27.2 Å². The van der Waals surface area contributed by atoms with Gasteiger partial charge in [-0.05, 0) is 26.7 Å². The summed E-state index contributed by atoms with van der Waals surface area (Å²) in [5.41, 5.74) is 0.261. The quantitative estimate of drug-likeness (QED) is 0.526. The molecule has 1 unspecified atom stereocenters. The Morgan fingerprint density at radius 1 is 1.46 bits per heavy atom. The number of thiazole rings is 1. The summed E-state index contributed by atoms with van der Waals surface area (Å²) >= 11 is 1.61. The van der Waals surface area contributed by atoms with Crippen LogP contribution in [0.3, 0.4) is 0 Å². The van der Waals surface area contributed by atoms with Gasteiger partial charge in [0.2, 0.25) is 0 Å². The predicted molar refractivity (Wildman–Crippen MR) is 101 cm³/mol. The van der Waals surface area contributed by atoms with Crippen molar-refractivity contribution in [3.63, 3.8) is 0 Å². The largest absolute Gasteiger partial charge is 0.388 e. The SMILES string of the molecule is CCNC(=NCC(O)(CC)CC)N(C)Cc1csc(C(C)OC)n1. The molecule has 0 aliphatic heterocycles. The van der Waals surface area contributed by atoms with Crippen molar-refractivity contribution in [1.82, 2.24) is 15.2 Å². The Kier molecular flexibility index (Phi) is 8.66. The van der Waals surface area contributed by atoms with Gasteiger partial charge in [0.05, 0.1) is 24.4 Å².